The summed E-state index contributed by atoms with van der Waals surface area (Å²) in [6.45, 7) is 2.28. The van der Waals surface area contributed by atoms with E-state index in [0.717, 1.165) is 21.0 Å². The minimum atomic E-state index is 0.0735. The van der Waals surface area contributed by atoms with E-state index in [1.54, 1.807) is 0 Å². The summed E-state index contributed by atoms with van der Waals surface area (Å²) in [7, 11) is 0. The maximum atomic E-state index is 6.45. The normalized spacial score (nSPS) is 26.0. The summed E-state index contributed by atoms with van der Waals surface area (Å²) in [6.07, 6.45) is 6.44. The summed E-state index contributed by atoms with van der Waals surface area (Å²) in [4.78, 5) is 0. The molecule has 18 heavy (non-hydrogen) atoms. The van der Waals surface area contributed by atoms with Crippen LogP contribution in [0, 0.1) is 11.8 Å². The van der Waals surface area contributed by atoms with Crippen molar-refractivity contribution in [2.45, 2.75) is 45.1 Å². The van der Waals surface area contributed by atoms with Gasteiger partial charge in [0.05, 0.1) is 0 Å². The molecule has 0 heterocycles. The molecule has 3 atom stereocenters. The Hall–Kier alpha value is -0.0500. The molecule has 1 fully saturated rings. The van der Waals surface area contributed by atoms with Crippen molar-refractivity contribution in [3.63, 3.8) is 0 Å². The van der Waals surface area contributed by atoms with Crippen LogP contribution in [0.2, 0.25) is 5.02 Å². The van der Waals surface area contributed by atoms with E-state index in [-0.39, 0.29) is 6.04 Å². The molecule has 0 radical (unpaired) electrons. The summed E-state index contributed by atoms with van der Waals surface area (Å²) >= 11 is 9.78. The summed E-state index contributed by atoms with van der Waals surface area (Å²) in [5.74, 6) is 1.43. The summed E-state index contributed by atoms with van der Waals surface area (Å²) in [6, 6.07) is 6.04. The van der Waals surface area contributed by atoms with Crippen LogP contribution in [0.1, 0.15) is 50.6 Å². The van der Waals surface area contributed by atoms with Gasteiger partial charge in [-0.05, 0) is 48.4 Å². The molecule has 100 valence electrons. The van der Waals surface area contributed by atoms with E-state index >= 15 is 0 Å². The van der Waals surface area contributed by atoms with Gasteiger partial charge in [-0.1, -0.05) is 53.7 Å². The maximum Gasteiger partial charge on any atom is 0.0454 e. The lowest BCUT2D eigenvalue weighted by Crippen LogP contribution is -2.27. The first-order valence-corrected chi connectivity index (χ1v) is 7.99. The van der Waals surface area contributed by atoms with E-state index in [9.17, 15) is 0 Å². The highest BCUT2D eigenvalue weighted by molar-refractivity contribution is 9.10. The zero-order valence-electron chi connectivity index (χ0n) is 10.8. The van der Waals surface area contributed by atoms with Gasteiger partial charge in [0.2, 0.25) is 0 Å². The number of benzene rings is 1. The Morgan fingerprint density at radius 3 is 2.94 bits per heavy atom. The standard InChI is InChI=1S/C15H21BrClN/c1-2-10-4-3-5-11(8-10)15(18)13-9-12(16)6-7-14(13)17/h6-7,9-11,15H,2-5,8,18H2,1H3. The predicted molar refractivity (Wildman–Crippen MR) is 81.8 cm³/mol. The predicted octanol–water partition coefficient (Wildman–Crippen LogP) is 5.32. The molecule has 1 aromatic rings. The van der Waals surface area contributed by atoms with E-state index in [0.29, 0.717) is 5.92 Å². The molecule has 1 aliphatic carbocycles. The quantitative estimate of drug-likeness (QED) is 0.797. The molecular formula is C15H21BrClN. The molecule has 0 saturated heterocycles. The molecule has 0 amide bonds. The lowest BCUT2D eigenvalue weighted by Gasteiger charge is -2.33. The van der Waals surface area contributed by atoms with E-state index in [1.165, 1.54) is 32.1 Å². The van der Waals surface area contributed by atoms with Crippen molar-refractivity contribution in [2.75, 3.05) is 0 Å². The molecule has 0 bridgehead atoms. The van der Waals surface area contributed by atoms with Crippen molar-refractivity contribution in [1.29, 1.82) is 0 Å². The van der Waals surface area contributed by atoms with Crippen LogP contribution in [0.5, 0.6) is 0 Å². The van der Waals surface area contributed by atoms with Crippen molar-refractivity contribution in [1.82, 2.24) is 0 Å². The summed E-state index contributed by atoms with van der Waals surface area (Å²) in [5, 5.41) is 0.796. The number of halogens is 2. The largest absolute Gasteiger partial charge is 0.324 e. The molecule has 1 nitrogen and oxygen atoms in total. The van der Waals surface area contributed by atoms with Gasteiger partial charge in [-0.3, -0.25) is 0 Å². The van der Waals surface area contributed by atoms with Crippen LogP contribution in [-0.2, 0) is 0 Å². The van der Waals surface area contributed by atoms with Crippen molar-refractivity contribution in [2.24, 2.45) is 17.6 Å². The molecule has 0 aliphatic heterocycles. The second-order valence-corrected chi connectivity index (χ2v) is 6.72. The molecule has 1 aliphatic rings. The van der Waals surface area contributed by atoms with Gasteiger partial charge < -0.3 is 5.73 Å². The smallest absolute Gasteiger partial charge is 0.0454 e. The highest BCUT2D eigenvalue weighted by Gasteiger charge is 2.27. The SMILES string of the molecule is CCC1CCCC(C(N)c2cc(Br)ccc2Cl)C1. The number of hydrogen-bond acceptors (Lipinski definition) is 1. The molecule has 2 N–H and O–H groups in total. The molecule has 1 saturated carbocycles. The second kappa shape index (κ2) is 6.40. The van der Waals surface area contributed by atoms with Gasteiger partial charge in [-0.25, -0.2) is 0 Å². The third kappa shape index (κ3) is 3.28. The average molecular weight is 331 g/mol. The molecule has 0 aromatic heterocycles. The first-order chi connectivity index (χ1) is 8.61. The van der Waals surface area contributed by atoms with Crippen LogP contribution < -0.4 is 5.73 Å². The minimum absolute atomic E-state index is 0.0735. The van der Waals surface area contributed by atoms with E-state index in [1.807, 2.05) is 12.1 Å². The minimum Gasteiger partial charge on any atom is -0.324 e. The zero-order chi connectivity index (χ0) is 13.1. The Morgan fingerprint density at radius 1 is 1.44 bits per heavy atom. The monoisotopic (exact) mass is 329 g/mol. The van der Waals surface area contributed by atoms with Crippen molar-refractivity contribution in [3.8, 4) is 0 Å². The van der Waals surface area contributed by atoms with Crippen LogP contribution in [0.15, 0.2) is 22.7 Å². The average Bonchev–Trinajstić information content (AvgIpc) is 2.41. The van der Waals surface area contributed by atoms with E-state index in [4.69, 9.17) is 17.3 Å². The van der Waals surface area contributed by atoms with Crippen molar-refractivity contribution >= 4 is 27.5 Å². The summed E-state index contributed by atoms with van der Waals surface area (Å²) in [5.41, 5.74) is 7.54. The number of hydrogen-bond donors (Lipinski definition) is 1. The Bertz CT molecular complexity index is 407. The molecule has 2 rings (SSSR count). The first kappa shape index (κ1) is 14.4. The zero-order valence-corrected chi connectivity index (χ0v) is 13.2. The fraction of sp³-hybridized carbons (Fsp3) is 0.600. The van der Waals surface area contributed by atoms with Crippen LogP contribution in [0.4, 0.5) is 0 Å². The van der Waals surface area contributed by atoms with Gasteiger partial charge in [-0.15, -0.1) is 0 Å². The van der Waals surface area contributed by atoms with Crippen molar-refractivity contribution in [3.05, 3.63) is 33.3 Å². The molecule has 3 heteroatoms. The topological polar surface area (TPSA) is 26.0 Å². The van der Waals surface area contributed by atoms with Crippen LogP contribution in [0.25, 0.3) is 0 Å². The van der Waals surface area contributed by atoms with Gasteiger partial charge in [0.15, 0.2) is 0 Å². The number of nitrogens with two attached hydrogens (primary N) is 1. The number of rotatable bonds is 3. The van der Waals surface area contributed by atoms with Crippen LogP contribution >= 0.6 is 27.5 Å². The lowest BCUT2D eigenvalue weighted by atomic mass is 9.75. The maximum absolute atomic E-state index is 6.45. The second-order valence-electron chi connectivity index (χ2n) is 5.39. The van der Waals surface area contributed by atoms with Gasteiger partial charge in [0.25, 0.3) is 0 Å². The Kier molecular flexibility index (Phi) is 5.11. The Balaban J connectivity index is 2.14. The fourth-order valence-corrected chi connectivity index (χ4v) is 3.68. The molecule has 1 aromatic carbocycles. The Labute approximate surface area is 123 Å². The highest BCUT2D eigenvalue weighted by atomic mass is 79.9. The summed E-state index contributed by atoms with van der Waals surface area (Å²) < 4.78 is 1.06. The van der Waals surface area contributed by atoms with Gasteiger partial charge >= 0.3 is 0 Å². The first-order valence-electron chi connectivity index (χ1n) is 6.82. The highest BCUT2D eigenvalue weighted by Crippen LogP contribution is 2.39. The lowest BCUT2D eigenvalue weighted by molar-refractivity contribution is 0.230. The van der Waals surface area contributed by atoms with Gasteiger partial charge in [0, 0.05) is 15.5 Å². The molecular weight excluding hydrogens is 310 g/mol. The Morgan fingerprint density at radius 2 is 2.22 bits per heavy atom. The molecule has 0 spiro atoms. The van der Waals surface area contributed by atoms with Crippen molar-refractivity contribution < 1.29 is 0 Å². The third-order valence-corrected chi connectivity index (χ3v) is 5.06. The van der Waals surface area contributed by atoms with Crippen LogP contribution in [-0.4, -0.2) is 0 Å². The fourth-order valence-electron chi connectivity index (χ4n) is 3.05. The molecule has 3 unspecified atom stereocenters. The van der Waals surface area contributed by atoms with E-state index in [2.05, 4.69) is 28.9 Å². The van der Waals surface area contributed by atoms with Gasteiger partial charge in [-0.2, -0.15) is 0 Å². The van der Waals surface area contributed by atoms with Gasteiger partial charge in [0.1, 0.15) is 0 Å². The van der Waals surface area contributed by atoms with E-state index < -0.39 is 0 Å². The third-order valence-electron chi connectivity index (χ3n) is 4.23. The van der Waals surface area contributed by atoms with Crippen LogP contribution in [0.3, 0.4) is 0 Å².